The summed E-state index contributed by atoms with van der Waals surface area (Å²) in [7, 11) is 1.61. The van der Waals surface area contributed by atoms with Crippen LogP contribution in [0, 0.1) is 0 Å². The third-order valence-corrected chi connectivity index (χ3v) is 4.24. The fourth-order valence-electron chi connectivity index (χ4n) is 2.92. The smallest absolute Gasteiger partial charge is 0.341 e. The Morgan fingerprint density at radius 3 is 2.62 bits per heavy atom. The topological polar surface area (TPSA) is 60.5 Å². The molecule has 1 atom stereocenters. The molecular formula is C21H22N2O3. The Hall–Kier alpha value is -3.08. The Morgan fingerprint density at radius 1 is 1.15 bits per heavy atom. The van der Waals surface area contributed by atoms with Gasteiger partial charge in [0.05, 0.1) is 19.4 Å². The van der Waals surface area contributed by atoms with E-state index in [2.05, 4.69) is 17.2 Å². The highest BCUT2D eigenvalue weighted by atomic mass is 16.5. The van der Waals surface area contributed by atoms with Crippen molar-refractivity contribution in [3.63, 3.8) is 0 Å². The Kier molecular flexibility index (Phi) is 5.37. The second-order valence-electron chi connectivity index (χ2n) is 5.90. The fourth-order valence-corrected chi connectivity index (χ4v) is 2.92. The Balaban J connectivity index is 2.12. The summed E-state index contributed by atoms with van der Waals surface area (Å²) in [5.41, 5.74) is 2.93. The van der Waals surface area contributed by atoms with E-state index in [0.717, 1.165) is 10.9 Å². The van der Waals surface area contributed by atoms with Gasteiger partial charge in [0.1, 0.15) is 16.8 Å². The van der Waals surface area contributed by atoms with Gasteiger partial charge >= 0.3 is 5.97 Å². The van der Waals surface area contributed by atoms with Crippen LogP contribution in [0.25, 0.3) is 10.9 Å². The highest BCUT2D eigenvalue weighted by Crippen LogP contribution is 2.34. The summed E-state index contributed by atoms with van der Waals surface area (Å²) in [5.74, 6) is 0.265. The van der Waals surface area contributed by atoms with E-state index < -0.39 is 5.97 Å². The summed E-state index contributed by atoms with van der Waals surface area (Å²) in [6.07, 6.45) is 1.54. The van der Waals surface area contributed by atoms with Crippen molar-refractivity contribution >= 4 is 22.6 Å². The summed E-state index contributed by atoms with van der Waals surface area (Å²) in [6, 6.07) is 15.7. The maximum atomic E-state index is 12.4. The van der Waals surface area contributed by atoms with Crippen LogP contribution in [0.3, 0.4) is 0 Å². The van der Waals surface area contributed by atoms with Crippen LogP contribution in [-0.2, 0) is 4.74 Å². The largest absolute Gasteiger partial charge is 0.494 e. The molecule has 0 aliphatic carbocycles. The fraction of sp³-hybridized carbons (Fsp3) is 0.238. The van der Waals surface area contributed by atoms with Gasteiger partial charge in [-0.05, 0) is 25.5 Å². The van der Waals surface area contributed by atoms with Crippen LogP contribution in [-0.4, -0.2) is 24.7 Å². The number of anilines is 1. The molecule has 0 aliphatic heterocycles. The van der Waals surface area contributed by atoms with Crippen LogP contribution in [0.4, 0.5) is 5.69 Å². The minimum Gasteiger partial charge on any atom is -0.494 e. The Morgan fingerprint density at radius 2 is 1.92 bits per heavy atom. The van der Waals surface area contributed by atoms with Gasteiger partial charge in [-0.25, -0.2) is 4.79 Å². The molecule has 0 spiro atoms. The quantitative estimate of drug-likeness (QED) is 0.659. The number of hydrogen-bond donors (Lipinski definition) is 1. The zero-order valence-electron chi connectivity index (χ0n) is 15.2. The predicted molar refractivity (Wildman–Crippen MR) is 103 cm³/mol. The number of aromatic nitrogens is 1. The first-order valence-electron chi connectivity index (χ1n) is 8.60. The molecule has 0 saturated heterocycles. The van der Waals surface area contributed by atoms with Gasteiger partial charge in [-0.3, -0.25) is 4.98 Å². The third kappa shape index (κ3) is 3.47. The van der Waals surface area contributed by atoms with Gasteiger partial charge in [0.2, 0.25) is 0 Å². The number of hydrogen-bond acceptors (Lipinski definition) is 5. The lowest BCUT2D eigenvalue weighted by atomic mass is 10.0. The molecule has 26 heavy (non-hydrogen) atoms. The van der Waals surface area contributed by atoms with E-state index in [0.29, 0.717) is 29.1 Å². The highest BCUT2D eigenvalue weighted by molar-refractivity contribution is 6.06. The monoisotopic (exact) mass is 350 g/mol. The van der Waals surface area contributed by atoms with Gasteiger partial charge in [-0.15, -0.1) is 0 Å². The lowest BCUT2D eigenvalue weighted by molar-refractivity contribution is 0.0527. The van der Waals surface area contributed by atoms with Crippen molar-refractivity contribution in [1.29, 1.82) is 0 Å². The zero-order chi connectivity index (χ0) is 18.5. The summed E-state index contributed by atoms with van der Waals surface area (Å²) in [6.45, 7) is 4.15. The SMILES string of the molecule is CCOC(=O)c1cnc2c(OC)cccc2c1N[C@H](C)c1ccccc1. The van der Waals surface area contributed by atoms with Gasteiger partial charge in [0, 0.05) is 17.6 Å². The molecule has 0 bridgehead atoms. The number of para-hydroxylation sites is 1. The van der Waals surface area contributed by atoms with Crippen LogP contribution >= 0.6 is 0 Å². The van der Waals surface area contributed by atoms with Crippen molar-refractivity contribution in [2.45, 2.75) is 19.9 Å². The maximum Gasteiger partial charge on any atom is 0.341 e. The maximum absolute atomic E-state index is 12.4. The number of esters is 1. The molecule has 2 aromatic carbocycles. The van der Waals surface area contributed by atoms with Gasteiger partial charge < -0.3 is 14.8 Å². The number of carbonyl (C=O) groups excluding carboxylic acids is 1. The second kappa shape index (κ2) is 7.87. The van der Waals surface area contributed by atoms with Crippen molar-refractivity contribution in [3.05, 3.63) is 65.9 Å². The van der Waals surface area contributed by atoms with E-state index >= 15 is 0 Å². The molecule has 5 nitrogen and oxygen atoms in total. The standard InChI is InChI=1S/C21H22N2O3/c1-4-26-21(24)17-13-22-20-16(11-8-12-18(20)25-3)19(17)23-14(2)15-9-6-5-7-10-15/h5-14H,4H2,1-3H3,(H,22,23)/t14-/m1/s1. The number of fused-ring (bicyclic) bond motifs is 1. The number of benzene rings is 2. The number of carbonyl (C=O) groups is 1. The predicted octanol–water partition coefficient (Wildman–Crippen LogP) is 4.59. The number of nitrogens with zero attached hydrogens (tertiary/aromatic N) is 1. The number of rotatable bonds is 6. The number of methoxy groups -OCH3 is 1. The van der Waals surface area contributed by atoms with E-state index in [4.69, 9.17) is 9.47 Å². The molecular weight excluding hydrogens is 328 g/mol. The average Bonchev–Trinajstić information content (AvgIpc) is 2.68. The van der Waals surface area contributed by atoms with Crippen LogP contribution < -0.4 is 10.1 Å². The molecule has 0 amide bonds. The molecule has 5 heteroatoms. The third-order valence-electron chi connectivity index (χ3n) is 4.24. The molecule has 0 fully saturated rings. The minimum atomic E-state index is -0.396. The van der Waals surface area contributed by atoms with Crippen molar-refractivity contribution in [1.82, 2.24) is 4.98 Å². The lowest BCUT2D eigenvalue weighted by Crippen LogP contribution is -2.14. The highest BCUT2D eigenvalue weighted by Gasteiger charge is 2.20. The minimum absolute atomic E-state index is 0.00109. The first kappa shape index (κ1) is 17.7. The van der Waals surface area contributed by atoms with E-state index in [1.807, 2.05) is 48.5 Å². The van der Waals surface area contributed by atoms with E-state index in [-0.39, 0.29) is 6.04 Å². The van der Waals surface area contributed by atoms with Crippen molar-refractivity contribution in [3.8, 4) is 5.75 Å². The zero-order valence-corrected chi connectivity index (χ0v) is 15.2. The Bertz CT molecular complexity index is 910. The number of ether oxygens (including phenoxy) is 2. The normalized spacial score (nSPS) is 11.8. The second-order valence-corrected chi connectivity index (χ2v) is 5.90. The summed E-state index contributed by atoms with van der Waals surface area (Å²) < 4.78 is 10.6. The first-order chi connectivity index (χ1) is 12.7. The molecule has 0 unspecified atom stereocenters. The lowest BCUT2D eigenvalue weighted by Gasteiger charge is -2.20. The van der Waals surface area contributed by atoms with Gasteiger partial charge in [-0.2, -0.15) is 0 Å². The van der Waals surface area contributed by atoms with Gasteiger partial charge in [0.25, 0.3) is 0 Å². The summed E-state index contributed by atoms with van der Waals surface area (Å²) >= 11 is 0. The molecule has 1 aromatic heterocycles. The first-order valence-corrected chi connectivity index (χ1v) is 8.60. The molecule has 0 aliphatic rings. The molecule has 3 aromatic rings. The Labute approximate surface area is 153 Å². The van der Waals surface area contributed by atoms with Crippen molar-refractivity contribution < 1.29 is 14.3 Å². The molecule has 3 rings (SSSR count). The van der Waals surface area contributed by atoms with Crippen LogP contribution in [0.5, 0.6) is 5.75 Å². The number of pyridine rings is 1. The number of nitrogens with one attached hydrogen (secondary N) is 1. The van der Waals surface area contributed by atoms with Crippen molar-refractivity contribution in [2.24, 2.45) is 0 Å². The molecule has 134 valence electrons. The molecule has 0 saturated carbocycles. The van der Waals surface area contributed by atoms with Crippen LogP contribution in [0.2, 0.25) is 0 Å². The molecule has 0 radical (unpaired) electrons. The molecule has 1 heterocycles. The van der Waals surface area contributed by atoms with E-state index in [1.165, 1.54) is 0 Å². The van der Waals surface area contributed by atoms with E-state index in [1.54, 1.807) is 20.2 Å². The average molecular weight is 350 g/mol. The van der Waals surface area contributed by atoms with E-state index in [9.17, 15) is 4.79 Å². The summed E-state index contributed by atoms with van der Waals surface area (Å²) in [5, 5.41) is 4.28. The molecule has 1 N–H and O–H groups in total. The van der Waals surface area contributed by atoms with Gasteiger partial charge in [-0.1, -0.05) is 42.5 Å². The summed E-state index contributed by atoms with van der Waals surface area (Å²) in [4.78, 5) is 16.9. The van der Waals surface area contributed by atoms with Crippen LogP contribution in [0.1, 0.15) is 35.8 Å². The van der Waals surface area contributed by atoms with Crippen LogP contribution in [0.15, 0.2) is 54.7 Å². The van der Waals surface area contributed by atoms with Crippen molar-refractivity contribution in [2.75, 3.05) is 19.0 Å². The van der Waals surface area contributed by atoms with Gasteiger partial charge in [0.15, 0.2) is 0 Å².